The molecule has 2 rings (SSSR count). The van der Waals surface area contributed by atoms with Crippen LogP contribution in [0.5, 0.6) is 5.75 Å². The number of hydrogen-bond acceptors (Lipinski definition) is 5. The second-order valence-electron chi connectivity index (χ2n) is 4.05. The number of nitrogens with one attached hydrogen (secondary N) is 1. The molecule has 1 aromatic rings. The lowest BCUT2D eigenvalue weighted by Crippen LogP contribution is -2.30. The third kappa shape index (κ3) is 3.12. The number of carbonyl (C=O) groups is 1. The number of nitrogens with two attached hydrogens (primary N) is 1. The van der Waals surface area contributed by atoms with E-state index in [0.29, 0.717) is 23.7 Å². The van der Waals surface area contributed by atoms with Crippen LogP contribution in [0, 0.1) is 0 Å². The van der Waals surface area contributed by atoms with Gasteiger partial charge in [-0.3, -0.25) is 9.63 Å². The number of amides is 1. The lowest BCUT2D eigenvalue weighted by Gasteiger charge is -2.14. The third-order valence-electron chi connectivity index (χ3n) is 2.68. The summed E-state index contributed by atoms with van der Waals surface area (Å²) in [6, 6.07) is 5.14. The fraction of sp³-hybridized carbons (Fsp3) is 0.417. The minimum atomic E-state index is -0.145. The van der Waals surface area contributed by atoms with Crippen molar-refractivity contribution in [3.63, 3.8) is 0 Å². The zero-order valence-electron chi connectivity index (χ0n) is 10.3. The van der Waals surface area contributed by atoms with E-state index in [1.807, 2.05) is 0 Å². The van der Waals surface area contributed by atoms with E-state index in [1.54, 1.807) is 30.4 Å². The molecule has 3 N–H and O–H groups in total. The molecule has 0 spiro atoms. The van der Waals surface area contributed by atoms with Gasteiger partial charge in [-0.1, -0.05) is 0 Å². The predicted octanol–water partition coefficient (Wildman–Crippen LogP) is 0.853. The molecule has 0 bridgehead atoms. The van der Waals surface area contributed by atoms with E-state index in [-0.39, 0.29) is 12.5 Å². The fourth-order valence-corrected chi connectivity index (χ4v) is 1.76. The summed E-state index contributed by atoms with van der Waals surface area (Å²) in [6.07, 6.45) is 0.956. The molecule has 1 aromatic carbocycles. The Morgan fingerprint density at radius 1 is 1.61 bits per heavy atom. The van der Waals surface area contributed by atoms with Crippen LogP contribution in [-0.2, 0) is 9.63 Å². The van der Waals surface area contributed by atoms with Crippen molar-refractivity contribution in [2.45, 2.75) is 6.42 Å². The number of ether oxygens (including phenoxy) is 1. The molecule has 0 aliphatic carbocycles. The van der Waals surface area contributed by atoms with Crippen molar-refractivity contribution < 1.29 is 14.4 Å². The summed E-state index contributed by atoms with van der Waals surface area (Å²) < 4.78 is 5.04. The number of carbonyl (C=O) groups excluding carboxylic acids is 1. The minimum absolute atomic E-state index is 0.145. The average Bonchev–Trinajstić information content (AvgIpc) is 2.84. The first-order chi connectivity index (χ1) is 8.69. The van der Waals surface area contributed by atoms with Crippen LogP contribution in [0.15, 0.2) is 18.2 Å². The van der Waals surface area contributed by atoms with Gasteiger partial charge in [-0.05, 0) is 18.6 Å². The molecular weight excluding hydrogens is 234 g/mol. The van der Waals surface area contributed by atoms with E-state index in [4.69, 9.17) is 15.3 Å². The topological polar surface area (TPSA) is 76.8 Å². The number of hydroxylamine groups is 2. The van der Waals surface area contributed by atoms with E-state index >= 15 is 0 Å². The first-order valence-electron chi connectivity index (χ1n) is 5.80. The molecule has 6 heteroatoms. The van der Waals surface area contributed by atoms with Gasteiger partial charge in [-0.2, -0.15) is 5.06 Å². The van der Waals surface area contributed by atoms with E-state index in [9.17, 15) is 4.79 Å². The van der Waals surface area contributed by atoms with Gasteiger partial charge in [0.25, 0.3) is 0 Å². The highest BCUT2D eigenvalue weighted by atomic mass is 16.7. The number of benzene rings is 1. The molecular formula is C12H17N3O3. The molecule has 1 heterocycles. The molecule has 6 nitrogen and oxygen atoms in total. The van der Waals surface area contributed by atoms with Gasteiger partial charge in [-0.15, -0.1) is 0 Å². The molecule has 18 heavy (non-hydrogen) atoms. The normalized spacial score (nSPS) is 15.6. The van der Waals surface area contributed by atoms with E-state index in [0.717, 1.165) is 13.0 Å². The van der Waals surface area contributed by atoms with Gasteiger partial charge in [0.05, 0.1) is 25.1 Å². The Hall–Kier alpha value is -1.79. The average molecular weight is 251 g/mol. The van der Waals surface area contributed by atoms with Crippen molar-refractivity contribution in [3.05, 3.63) is 18.2 Å². The number of nitrogen functional groups attached to an aromatic ring is 1. The summed E-state index contributed by atoms with van der Waals surface area (Å²) >= 11 is 0. The molecule has 1 aliphatic heterocycles. The number of hydrogen-bond donors (Lipinski definition) is 2. The molecule has 1 saturated heterocycles. The second-order valence-corrected chi connectivity index (χ2v) is 4.05. The summed E-state index contributed by atoms with van der Waals surface area (Å²) in [6.45, 7) is 1.68. The standard InChI is InChI=1S/C12H17N3O3/c1-17-9-3-4-11(10(13)7-9)14-12(16)8-15-5-2-6-18-15/h3-4,7H,2,5-6,8,13H2,1H3,(H,14,16). The Morgan fingerprint density at radius 2 is 2.44 bits per heavy atom. The first kappa shape index (κ1) is 12.7. The SMILES string of the molecule is COc1ccc(NC(=O)CN2CCCO2)c(N)c1. The Kier molecular flexibility index (Phi) is 4.01. The number of methoxy groups -OCH3 is 1. The summed E-state index contributed by atoms with van der Waals surface area (Å²) in [5, 5.41) is 4.40. The largest absolute Gasteiger partial charge is 0.497 e. The zero-order chi connectivity index (χ0) is 13.0. The van der Waals surface area contributed by atoms with Crippen LogP contribution in [0.25, 0.3) is 0 Å². The van der Waals surface area contributed by atoms with Crippen LogP contribution in [0.1, 0.15) is 6.42 Å². The smallest absolute Gasteiger partial charge is 0.241 e. The lowest BCUT2D eigenvalue weighted by atomic mass is 10.2. The molecule has 0 atom stereocenters. The molecule has 0 saturated carbocycles. The van der Waals surface area contributed by atoms with E-state index in [1.165, 1.54) is 0 Å². The van der Waals surface area contributed by atoms with E-state index in [2.05, 4.69) is 5.32 Å². The number of anilines is 2. The predicted molar refractivity (Wildman–Crippen MR) is 68.2 cm³/mol. The molecule has 0 aromatic heterocycles. The van der Waals surface area contributed by atoms with Gasteiger partial charge in [0.1, 0.15) is 12.3 Å². The highest BCUT2D eigenvalue weighted by molar-refractivity contribution is 5.95. The number of nitrogens with zero attached hydrogens (tertiary/aromatic N) is 1. The monoisotopic (exact) mass is 251 g/mol. The minimum Gasteiger partial charge on any atom is -0.497 e. The maximum absolute atomic E-state index is 11.8. The van der Waals surface area contributed by atoms with Crippen LogP contribution in [-0.4, -0.2) is 37.8 Å². The van der Waals surface area contributed by atoms with Gasteiger partial charge >= 0.3 is 0 Å². The van der Waals surface area contributed by atoms with Crippen LogP contribution < -0.4 is 15.8 Å². The van der Waals surface area contributed by atoms with Crippen LogP contribution in [0.4, 0.5) is 11.4 Å². The zero-order valence-corrected chi connectivity index (χ0v) is 10.3. The quantitative estimate of drug-likeness (QED) is 0.776. The van der Waals surface area contributed by atoms with Gasteiger partial charge in [0.2, 0.25) is 5.91 Å². The molecule has 98 valence electrons. The van der Waals surface area contributed by atoms with Gasteiger partial charge < -0.3 is 15.8 Å². The van der Waals surface area contributed by atoms with Gasteiger partial charge in [-0.25, -0.2) is 0 Å². The van der Waals surface area contributed by atoms with Crippen molar-refractivity contribution in [3.8, 4) is 5.75 Å². The van der Waals surface area contributed by atoms with Crippen LogP contribution >= 0.6 is 0 Å². The highest BCUT2D eigenvalue weighted by Crippen LogP contribution is 2.23. The molecule has 1 amide bonds. The summed E-state index contributed by atoms with van der Waals surface area (Å²) in [5.74, 6) is 0.516. The van der Waals surface area contributed by atoms with Crippen molar-refractivity contribution in [1.82, 2.24) is 5.06 Å². The Labute approximate surface area is 106 Å². The maximum Gasteiger partial charge on any atom is 0.241 e. The van der Waals surface area contributed by atoms with Crippen LogP contribution in [0.3, 0.4) is 0 Å². The molecule has 0 unspecified atom stereocenters. The highest BCUT2D eigenvalue weighted by Gasteiger charge is 2.16. The second kappa shape index (κ2) is 5.70. The van der Waals surface area contributed by atoms with E-state index < -0.39 is 0 Å². The summed E-state index contributed by atoms with van der Waals surface area (Å²) in [4.78, 5) is 17.0. The van der Waals surface area contributed by atoms with Crippen molar-refractivity contribution in [1.29, 1.82) is 0 Å². The summed E-state index contributed by atoms with van der Waals surface area (Å²) in [7, 11) is 1.57. The Morgan fingerprint density at radius 3 is 3.06 bits per heavy atom. The summed E-state index contributed by atoms with van der Waals surface area (Å²) in [5.41, 5.74) is 6.87. The first-order valence-corrected chi connectivity index (χ1v) is 5.80. The van der Waals surface area contributed by atoms with Crippen molar-refractivity contribution in [2.24, 2.45) is 0 Å². The Balaban J connectivity index is 1.93. The fourth-order valence-electron chi connectivity index (χ4n) is 1.76. The third-order valence-corrected chi connectivity index (χ3v) is 2.68. The van der Waals surface area contributed by atoms with Gasteiger partial charge in [0.15, 0.2) is 0 Å². The molecule has 0 radical (unpaired) electrons. The maximum atomic E-state index is 11.8. The Bertz CT molecular complexity index is 431. The number of rotatable bonds is 4. The lowest BCUT2D eigenvalue weighted by molar-refractivity contribution is -0.137. The van der Waals surface area contributed by atoms with Crippen molar-refractivity contribution in [2.75, 3.05) is 37.9 Å². The molecule has 1 aliphatic rings. The molecule has 1 fully saturated rings. The van der Waals surface area contributed by atoms with Gasteiger partial charge in [0, 0.05) is 12.6 Å². The van der Waals surface area contributed by atoms with Crippen LogP contribution in [0.2, 0.25) is 0 Å². The van der Waals surface area contributed by atoms with Crippen molar-refractivity contribution >= 4 is 17.3 Å².